The van der Waals surface area contributed by atoms with Crippen molar-refractivity contribution < 1.29 is 14.3 Å². The number of carbonyl (C=O) groups is 1. The van der Waals surface area contributed by atoms with Gasteiger partial charge in [-0.25, -0.2) is 0 Å². The van der Waals surface area contributed by atoms with Crippen molar-refractivity contribution >= 4 is 5.78 Å². The van der Waals surface area contributed by atoms with Crippen LogP contribution in [0.5, 0.6) is 11.5 Å². The third-order valence-electron chi connectivity index (χ3n) is 2.78. The molecule has 2 N–H and O–H groups in total. The second-order valence-corrected chi connectivity index (χ2v) is 4.12. The van der Waals surface area contributed by atoms with Gasteiger partial charge < -0.3 is 15.2 Å². The molecule has 0 fully saturated rings. The maximum Gasteiger partial charge on any atom is 0.163 e. The van der Waals surface area contributed by atoms with Gasteiger partial charge in [-0.05, 0) is 31.5 Å². The van der Waals surface area contributed by atoms with E-state index in [1.807, 2.05) is 0 Å². The quantitative estimate of drug-likeness (QED) is 0.569. The zero-order chi connectivity index (χ0) is 13.4. The minimum atomic E-state index is 0.115. The molecule has 1 aromatic carbocycles. The summed E-state index contributed by atoms with van der Waals surface area (Å²) in [5.41, 5.74) is 6.05. The molecule has 0 aliphatic heterocycles. The maximum absolute atomic E-state index is 12.0. The van der Waals surface area contributed by atoms with E-state index in [4.69, 9.17) is 15.2 Å². The highest BCUT2D eigenvalue weighted by molar-refractivity contribution is 5.96. The van der Waals surface area contributed by atoms with Crippen LogP contribution in [0.3, 0.4) is 0 Å². The molecule has 0 radical (unpaired) electrons. The first kappa shape index (κ1) is 14.5. The van der Waals surface area contributed by atoms with Crippen molar-refractivity contribution in [2.24, 2.45) is 5.73 Å². The highest BCUT2D eigenvalue weighted by Gasteiger charge is 2.09. The summed E-state index contributed by atoms with van der Waals surface area (Å²) in [7, 11) is 3.15. The fourth-order valence-corrected chi connectivity index (χ4v) is 1.72. The van der Waals surface area contributed by atoms with E-state index in [1.54, 1.807) is 32.4 Å². The standard InChI is InChI=1S/C14H21NO3/c1-17-12-8-11(9-13(10-12)18-2)14(16)6-4-3-5-7-15/h8-10H,3-7,15H2,1-2H3. The van der Waals surface area contributed by atoms with Crippen LogP contribution in [0.25, 0.3) is 0 Å². The lowest BCUT2D eigenvalue weighted by Gasteiger charge is -2.07. The van der Waals surface area contributed by atoms with E-state index >= 15 is 0 Å². The molecule has 1 rings (SSSR count). The summed E-state index contributed by atoms with van der Waals surface area (Å²) in [6.45, 7) is 0.682. The van der Waals surface area contributed by atoms with Crippen molar-refractivity contribution in [2.45, 2.75) is 25.7 Å². The van der Waals surface area contributed by atoms with E-state index < -0.39 is 0 Å². The number of rotatable bonds is 8. The highest BCUT2D eigenvalue weighted by atomic mass is 16.5. The Labute approximate surface area is 108 Å². The number of benzene rings is 1. The van der Waals surface area contributed by atoms with E-state index in [0.29, 0.717) is 30.0 Å². The molecule has 0 aliphatic carbocycles. The molecule has 1 aromatic rings. The Hall–Kier alpha value is -1.55. The first-order valence-corrected chi connectivity index (χ1v) is 6.17. The van der Waals surface area contributed by atoms with Crippen LogP contribution in [0.4, 0.5) is 0 Å². The molecule has 0 spiro atoms. The van der Waals surface area contributed by atoms with Gasteiger partial charge in [0.1, 0.15) is 11.5 Å². The number of methoxy groups -OCH3 is 2. The molecule has 18 heavy (non-hydrogen) atoms. The minimum absolute atomic E-state index is 0.115. The average Bonchev–Trinajstić information content (AvgIpc) is 2.42. The number of nitrogens with two attached hydrogens (primary N) is 1. The number of hydrogen-bond donors (Lipinski definition) is 1. The third kappa shape index (κ3) is 4.37. The smallest absolute Gasteiger partial charge is 0.163 e. The molecule has 0 atom stereocenters. The number of hydrogen-bond acceptors (Lipinski definition) is 4. The zero-order valence-electron chi connectivity index (χ0n) is 11.1. The second-order valence-electron chi connectivity index (χ2n) is 4.12. The predicted octanol–water partition coefficient (Wildman–Crippen LogP) is 2.41. The van der Waals surface area contributed by atoms with E-state index in [2.05, 4.69) is 0 Å². The van der Waals surface area contributed by atoms with E-state index in [-0.39, 0.29) is 5.78 Å². The van der Waals surface area contributed by atoms with Gasteiger partial charge in [0.05, 0.1) is 14.2 Å². The molecule has 4 nitrogen and oxygen atoms in total. The fourth-order valence-electron chi connectivity index (χ4n) is 1.72. The van der Waals surface area contributed by atoms with Crippen molar-refractivity contribution in [3.05, 3.63) is 23.8 Å². The van der Waals surface area contributed by atoms with Gasteiger partial charge in [-0.1, -0.05) is 6.42 Å². The molecule has 0 unspecified atom stereocenters. The summed E-state index contributed by atoms with van der Waals surface area (Å²) in [5, 5.41) is 0. The van der Waals surface area contributed by atoms with Gasteiger partial charge in [0.15, 0.2) is 5.78 Å². The van der Waals surface area contributed by atoms with Crippen LogP contribution in [0, 0.1) is 0 Å². The molecule has 0 aliphatic rings. The van der Waals surface area contributed by atoms with E-state index in [9.17, 15) is 4.79 Å². The predicted molar refractivity (Wildman–Crippen MR) is 71.4 cm³/mol. The van der Waals surface area contributed by atoms with Crippen molar-refractivity contribution in [3.8, 4) is 11.5 Å². The number of ketones is 1. The molecular formula is C14H21NO3. The molecule has 0 bridgehead atoms. The topological polar surface area (TPSA) is 61.5 Å². The Kier molecular flexibility index (Phi) is 6.22. The molecular weight excluding hydrogens is 230 g/mol. The van der Waals surface area contributed by atoms with Crippen LogP contribution in [-0.2, 0) is 0 Å². The summed E-state index contributed by atoms with van der Waals surface area (Å²) in [4.78, 5) is 12.0. The number of carbonyl (C=O) groups excluding carboxylic acids is 1. The summed E-state index contributed by atoms with van der Waals surface area (Å²) >= 11 is 0. The van der Waals surface area contributed by atoms with Gasteiger partial charge in [-0.3, -0.25) is 4.79 Å². The van der Waals surface area contributed by atoms with Crippen molar-refractivity contribution in [1.29, 1.82) is 0 Å². The summed E-state index contributed by atoms with van der Waals surface area (Å²) in [6, 6.07) is 5.24. The molecule has 0 heterocycles. The largest absolute Gasteiger partial charge is 0.497 e. The third-order valence-corrected chi connectivity index (χ3v) is 2.78. The molecule has 0 saturated heterocycles. The Bertz CT molecular complexity index is 368. The molecule has 100 valence electrons. The van der Waals surface area contributed by atoms with Crippen LogP contribution < -0.4 is 15.2 Å². The van der Waals surface area contributed by atoms with Gasteiger partial charge in [-0.15, -0.1) is 0 Å². The molecule has 0 aromatic heterocycles. The van der Waals surface area contributed by atoms with Crippen LogP contribution in [0.15, 0.2) is 18.2 Å². The van der Waals surface area contributed by atoms with E-state index in [1.165, 1.54) is 0 Å². The highest BCUT2D eigenvalue weighted by Crippen LogP contribution is 2.23. The van der Waals surface area contributed by atoms with Crippen molar-refractivity contribution in [2.75, 3.05) is 20.8 Å². The lowest BCUT2D eigenvalue weighted by molar-refractivity contribution is 0.0978. The number of ether oxygens (including phenoxy) is 2. The van der Waals surface area contributed by atoms with Crippen LogP contribution in [-0.4, -0.2) is 26.5 Å². The number of unbranched alkanes of at least 4 members (excludes halogenated alkanes) is 2. The van der Waals surface area contributed by atoms with Crippen molar-refractivity contribution in [1.82, 2.24) is 0 Å². The average molecular weight is 251 g/mol. The first-order valence-electron chi connectivity index (χ1n) is 6.17. The zero-order valence-corrected chi connectivity index (χ0v) is 11.1. The molecule has 4 heteroatoms. The normalized spacial score (nSPS) is 10.2. The van der Waals surface area contributed by atoms with Crippen LogP contribution in [0.2, 0.25) is 0 Å². The summed E-state index contributed by atoms with van der Waals surface area (Å²) in [6.07, 6.45) is 3.37. The lowest BCUT2D eigenvalue weighted by atomic mass is 10.0. The second kappa shape index (κ2) is 7.71. The summed E-state index contributed by atoms with van der Waals surface area (Å²) in [5.74, 6) is 1.39. The van der Waals surface area contributed by atoms with Crippen LogP contribution >= 0.6 is 0 Å². The maximum atomic E-state index is 12.0. The van der Waals surface area contributed by atoms with Gasteiger partial charge in [0, 0.05) is 18.1 Å². The molecule has 0 saturated carbocycles. The molecule has 0 amide bonds. The van der Waals surface area contributed by atoms with Crippen molar-refractivity contribution in [3.63, 3.8) is 0 Å². The fraction of sp³-hybridized carbons (Fsp3) is 0.500. The lowest BCUT2D eigenvalue weighted by Crippen LogP contribution is -2.02. The Morgan fingerprint density at radius 1 is 1.06 bits per heavy atom. The van der Waals surface area contributed by atoms with Gasteiger partial charge in [0.2, 0.25) is 0 Å². The summed E-state index contributed by atoms with van der Waals surface area (Å²) < 4.78 is 10.3. The van der Waals surface area contributed by atoms with Gasteiger partial charge in [0.25, 0.3) is 0 Å². The Morgan fingerprint density at radius 3 is 2.17 bits per heavy atom. The first-order chi connectivity index (χ1) is 8.71. The Balaban J connectivity index is 2.66. The minimum Gasteiger partial charge on any atom is -0.497 e. The SMILES string of the molecule is COc1cc(OC)cc(C(=O)CCCCCN)c1. The van der Waals surface area contributed by atoms with Gasteiger partial charge >= 0.3 is 0 Å². The van der Waals surface area contributed by atoms with Crippen LogP contribution in [0.1, 0.15) is 36.0 Å². The number of Topliss-reactive ketones (excluding diaryl/α,β-unsaturated/α-hetero) is 1. The monoisotopic (exact) mass is 251 g/mol. The van der Waals surface area contributed by atoms with E-state index in [0.717, 1.165) is 19.3 Å². The Morgan fingerprint density at radius 2 is 1.67 bits per heavy atom. The van der Waals surface area contributed by atoms with Gasteiger partial charge in [-0.2, -0.15) is 0 Å².